The van der Waals surface area contributed by atoms with E-state index in [4.69, 9.17) is 10.8 Å². The topological polar surface area (TPSA) is 46.2 Å². The van der Waals surface area contributed by atoms with Crippen LogP contribution in [-0.2, 0) is 0 Å². The molecule has 17 heavy (non-hydrogen) atoms. The van der Waals surface area contributed by atoms with Gasteiger partial charge in [-0.1, -0.05) is 0 Å². The Morgan fingerprint density at radius 3 is 2.12 bits per heavy atom. The van der Waals surface area contributed by atoms with Crippen molar-refractivity contribution in [2.75, 3.05) is 6.61 Å². The van der Waals surface area contributed by atoms with Crippen LogP contribution in [0.15, 0.2) is 12.1 Å². The largest absolute Gasteiger partial charge is 0.390 e. The molecule has 0 fully saturated rings. The molecule has 0 aliphatic rings. The summed E-state index contributed by atoms with van der Waals surface area (Å²) in [5.74, 6) is -8.59. The first-order valence-electron chi connectivity index (χ1n) is 4.19. The van der Waals surface area contributed by atoms with Crippen molar-refractivity contribution in [1.82, 2.24) is 0 Å². The van der Waals surface area contributed by atoms with E-state index in [2.05, 4.69) is 0 Å². The van der Waals surface area contributed by atoms with Crippen molar-refractivity contribution in [3.8, 4) is 0 Å². The van der Waals surface area contributed by atoms with E-state index in [1.807, 2.05) is 0 Å². The molecule has 1 atom stereocenters. The Bertz CT molecular complexity index is 401. The Morgan fingerprint density at radius 1 is 1.18 bits per heavy atom. The maximum Gasteiger partial charge on any atom is 0.289 e. The number of benzene rings is 1. The van der Waals surface area contributed by atoms with E-state index in [-0.39, 0.29) is 12.4 Å². The smallest absolute Gasteiger partial charge is 0.289 e. The molecule has 0 radical (unpaired) electrons. The van der Waals surface area contributed by atoms with Crippen molar-refractivity contribution in [3.63, 3.8) is 0 Å². The molecular weight excluding hydrogens is 269 g/mol. The Balaban J connectivity index is 0.00000256. The lowest BCUT2D eigenvalue weighted by Gasteiger charge is -2.22. The summed E-state index contributed by atoms with van der Waals surface area (Å²) in [5, 5.41) is 8.31. The van der Waals surface area contributed by atoms with Gasteiger partial charge in [-0.15, -0.1) is 12.4 Å². The number of aliphatic hydroxyl groups excluding tert-OH is 1. The molecule has 0 amide bonds. The molecule has 0 aliphatic heterocycles. The molecule has 8 heteroatoms. The number of halogens is 6. The van der Waals surface area contributed by atoms with E-state index in [1.165, 1.54) is 0 Å². The minimum atomic E-state index is -3.94. The standard InChI is InChI=1S/C9H8F5NO.ClH/c10-4-1-2-5(11)7(12)6(4)8(15)9(13,14)3-16;/h1-2,8,16H,3,15H2;1H/t8-;/m0./s1. The van der Waals surface area contributed by atoms with Crippen LogP contribution >= 0.6 is 12.4 Å². The lowest BCUT2D eigenvalue weighted by atomic mass is 10.0. The third-order valence-electron chi connectivity index (χ3n) is 2.06. The fourth-order valence-corrected chi connectivity index (χ4v) is 1.14. The molecule has 1 aromatic carbocycles. The molecule has 3 N–H and O–H groups in total. The number of hydrogen-bond acceptors (Lipinski definition) is 2. The van der Waals surface area contributed by atoms with Crippen LogP contribution in [0.25, 0.3) is 0 Å². The van der Waals surface area contributed by atoms with E-state index in [0.717, 1.165) is 0 Å². The zero-order chi connectivity index (χ0) is 12.5. The highest BCUT2D eigenvalue weighted by atomic mass is 35.5. The molecule has 2 nitrogen and oxygen atoms in total. The fraction of sp³-hybridized carbons (Fsp3) is 0.333. The molecule has 0 unspecified atom stereocenters. The van der Waals surface area contributed by atoms with E-state index < -0.39 is 41.6 Å². The van der Waals surface area contributed by atoms with E-state index in [0.29, 0.717) is 12.1 Å². The average molecular weight is 278 g/mol. The van der Waals surface area contributed by atoms with Crippen molar-refractivity contribution in [3.05, 3.63) is 35.1 Å². The molecule has 1 aromatic rings. The van der Waals surface area contributed by atoms with E-state index in [9.17, 15) is 22.0 Å². The van der Waals surface area contributed by atoms with E-state index >= 15 is 0 Å². The zero-order valence-corrected chi connectivity index (χ0v) is 9.08. The fourth-order valence-electron chi connectivity index (χ4n) is 1.14. The number of aliphatic hydroxyl groups is 1. The molecule has 0 aliphatic carbocycles. The van der Waals surface area contributed by atoms with Crippen molar-refractivity contribution >= 4 is 12.4 Å². The molecule has 0 aromatic heterocycles. The van der Waals surface area contributed by atoms with Crippen molar-refractivity contribution < 1.29 is 27.1 Å². The number of rotatable bonds is 3. The first-order chi connectivity index (χ1) is 7.31. The summed E-state index contributed by atoms with van der Waals surface area (Å²) in [6.45, 7) is -1.69. The third kappa shape index (κ3) is 3.05. The number of nitrogens with two attached hydrogens (primary N) is 1. The first kappa shape index (κ1) is 16.1. The second kappa shape index (κ2) is 5.61. The second-order valence-electron chi connectivity index (χ2n) is 3.15. The minimum absolute atomic E-state index is 0. The summed E-state index contributed by atoms with van der Waals surface area (Å²) in [7, 11) is 0. The predicted molar refractivity (Wildman–Crippen MR) is 52.5 cm³/mol. The monoisotopic (exact) mass is 277 g/mol. The molecule has 0 saturated heterocycles. The lowest BCUT2D eigenvalue weighted by molar-refractivity contribution is -0.0727. The van der Waals surface area contributed by atoms with Crippen LogP contribution in [-0.4, -0.2) is 17.6 Å². The summed E-state index contributed by atoms with van der Waals surface area (Å²) in [4.78, 5) is 0. The van der Waals surface area contributed by atoms with Gasteiger partial charge in [-0.3, -0.25) is 0 Å². The molecule has 0 spiro atoms. The second-order valence-corrected chi connectivity index (χ2v) is 3.15. The van der Waals surface area contributed by atoms with Crippen molar-refractivity contribution in [2.24, 2.45) is 5.73 Å². The molecule has 0 saturated carbocycles. The van der Waals surface area contributed by atoms with Gasteiger partial charge in [-0.05, 0) is 12.1 Å². The van der Waals surface area contributed by atoms with Crippen molar-refractivity contribution in [1.29, 1.82) is 0 Å². The van der Waals surface area contributed by atoms with Crippen LogP contribution in [0.1, 0.15) is 11.6 Å². The maximum absolute atomic E-state index is 13.1. The Labute approximate surface area is 99.6 Å². The molecule has 1 rings (SSSR count). The molecule has 0 heterocycles. The highest BCUT2D eigenvalue weighted by molar-refractivity contribution is 5.85. The third-order valence-corrected chi connectivity index (χ3v) is 2.06. The maximum atomic E-state index is 13.1. The molecule has 98 valence electrons. The van der Waals surface area contributed by atoms with Gasteiger partial charge < -0.3 is 10.8 Å². The van der Waals surface area contributed by atoms with Gasteiger partial charge in [0.05, 0.1) is 0 Å². The SMILES string of the molecule is Cl.N[C@@H](c1c(F)ccc(F)c1F)C(F)(F)CO. The number of hydrogen-bond donors (Lipinski definition) is 2. The Kier molecular flexibility index (Phi) is 5.31. The van der Waals surface area contributed by atoms with Gasteiger partial charge in [0.2, 0.25) is 0 Å². The van der Waals surface area contributed by atoms with Gasteiger partial charge in [-0.25, -0.2) is 22.0 Å². The average Bonchev–Trinajstić information content (AvgIpc) is 2.24. The first-order valence-corrected chi connectivity index (χ1v) is 4.19. The predicted octanol–water partition coefficient (Wildman–Crippen LogP) is 2.15. The van der Waals surface area contributed by atoms with Gasteiger partial charge in [0, 0.05) is 5.56 Å². The van der Waals surface area contributed by atoms with Gasteiger partial charge in [-0.2, -0.15) is 0 Å². The van der Waals surface area contributed by atoms with Crippen LogP contribution in [0.2, 0.25) is 0 Å². The lowest BCUT2D eigenvalue weighted by Crippen LogP contribution is -2.37. The zero-order valence-electron chi connectivity index (χ0n) is 8.26. The van der Waals surface area contributed by atoms with Crippen molar-refractivity contribution in [2.45, 2.75) is 12.0 Å². The minimum Gasteiger partial charge on any atom is -0.390 e. The summed E-state index contributed by atoms with van der Waals surface area (Å²) < 4.78 is 64.6. The number of alkyl halides is 2. The van der Waals surface area contributed by atoms with Crippen LogP contribution in [0.4, 0.5) is 22.0 Å². The normalized spacial score (nSPS) is 13.1. The quantitative estimate of drug-likeness (QED) is 0.657. The molecular formula is C9H9ClF5NO. The van der Waals surface area contributed by atoms with Crippen LogP contribution in [0.3, 0.4) is 0 Å². The molecule has 0 bridgehead atoms. The van der Waals surface area contributed by atoms with Gasteiger partial charge in [0.25, 0.3) is 5.92 Å². The highest BCUT2D eigenvalue weighted by Crippen LogP contribution is 2.32. The summed E-state index contributed by atoms with van der Waals surface area (Å²) in [6.07, 6.45) is 0. The summed E-state index contributed by atoms with van der Waals surface area (Å²) in [5.41, 5.74) is 3.62. The summed E-state index contributed by atoms with van der Waals surface area (Å²) in [6, 6.07) is -1.51. The Morgan fingerprint density at radius 2 is 1.65 bits per heavy atom. The van der Waals surface area contributed by atoms with Crippen LogP contribution < -0.4 is 5.73 Å². The Hall–Kier alpha value is -0.920. The van der Waals surface area contributed by atoms with Gasteiger partial charge in [0.15, 0.2) is 11.6 Å². The summed E-state index contributed by atoms with van der Waals surface area (Å²) >= 11 is 0. The van der Waals surface area contributed by atoms with Crippen LogP contribution in [0.5, 0.6) is 0 Å². The van der Waals surface area contributed by atoms with Gasteiger partial charge >= 0.3 is 0 Å². The van der Waals surface area contributed by atoms with Gasteiger partial charge in [0.1, 0.15) is 18.5 Å². The van der Waals surface area contributed by atoms with Crippen LogP contribution in [0, 0.1) is 17.5 Å². The highest BCUT2D eigenvalue weighted by Gasteiger charge is 2.40. The van der Waals surface area contributed by atoms with E-state index in [1.54, 1.807) is 0 Å².